The Bertz CT molecular complexity index is 18.8. The van der Waals surface area contributed by atoms with Crippen LogP contribution in [0, 0.1) is 0 Å². The molecular formula is C4H10OS. The van der Waals surface area contributed by atoms with Gasteiger partial charge in [0.05, 0.1) is 5.44 Å². The lowest BCUT2D eigenvalue weighted by atomic mass is 10.9. The van der Waals surface area contributed by atoms with Gasteiger partial charge in [-0.05, 0) is 6.92 Å². The Kier molecular flexibility index (Phi) is 14.0. The van der Waals surface area contributed by atoms with Crippen LogP contribution >= 0.6 is 12.6 Å². The molecule has 0 saturated heterocycles. The fourth-order valence-electron chi connectivity index (χ4n) is 0. The van der Waals surface area contributed by atoms with Gasteiger partial charge in [0, 0.05) is 0 Å². The lowest BCUT2D eigenvalue weighted by Gasteiger charge is -1.79. The molecule has 38 valence electrons. The maximum atomic E-state index is 7.92. The van der Waals surface area contributed by atoms with Crippen LogP contribution in [0.3, 0.4) is 0 Å². The van der Waals surface area contributed by atoms with Crippen LogP contribution in [-0.4, -0.2) is 10.5 Å². The number of hydrogen-bond donors (Lipinski definition) is 2. The van der Waals surface area contributed by atoms with Crippen LogP contribution in [0.5, 0.6) is 0 Å². The Morgan fingerprint density at radius 2 is 1.67 bits per heavy atom. The van der Waals surface area contributed by atoms with E-state index in [1.165, 1.54) is 0 Å². The molecule has 0 aliphatic heterocycles. The molecule has 6 heavy (non-hydrogen) atoms. The minimum absolute atomic E-state index is 0.472. The summed E-state index contributed by atoms with van der Waals surface area (Å²) in [5.41, 5.74) is -0.472. The lowest BCUT2D eigenvalue weighted by Crippen LogP contribution is -1.79. The van der Waals surface area contributed by atoms with E-state index < -0.39 is 5.44 Å². The normalized spacial score (nSPS) is 11.2. The summed E-state index contributed by atoms with van der Waals surface area (Å²) in [6, 6.07) is 0. The second-order valence-electron chi connectivity index (χ2n) is 0.632. The predicted molar refractivity (Wildman–Crippen MR) is 31.9 cm³/mol. The fraction of sp³-hybridized carbons (Fsp3) is 0.500. The van der Waals surface area contributed by atoms with Gasteiger partial charge in [-0.1, -0.05) is 0 Å². The van der Waals surface area contributed by atoms with Gasteiger partial charge < -0.3 is 5.11 Å². The Labute approximate surface area is 44.1 Å². The topological polar surface area (TPSA) is 20.2 Å². The second-order valence-corrected chi connectivity index (χ2v) is 1.38. The number of aliphatic hydroxyl groups is 1. The molecule has 0 saturated carbocycles. The number of aliphatic hydroxyl groups excluding tert-OH is 1. The van der Waals surface area contributed by atoms with E-state index in [1.54, 1.807) is 6.92 Å². The van der Waals surface area contributed by atoms with Crippen molar-refractivity contribution in [2.45, 2.75) is 12.4 Å². The molecule has 0 radical (unpaired) electrons. The molecule has 2 heteroatoms. The molecule has 0 bridgehead atoms. The molecule has 0 heterocycles. The molecule has 1 atom stereocenters. The summed E-state index contributed by atoms with van der Waals surface area (Å²) in [6.07, 6.45) is 0. The standard InChI is InChI=1S/C2H6OS.C2H4/c1-2(3)4;1-2/h2-4H,1H3;1-2H2. The average molecular weight is 106 g/mol. The van der Waals surface area contributed by atoms with E-state index in [1.807, 2.05) is 0 Å². The fourth-order valence-corrected chi connectivity index (χ4v) is 0. The second kappa shape index (κ2) is 8.90. The van der Waals surface area contributed by atoms with Crippen LogP contribution < -0.4 is 0 Å². The summed E-state index contributed by atoms with van der Waals surface area (Å²) in [4.78, 5) is 0. The van der Waals surface area contributed by atoms with Crippen LogP contribution in [-0.2, 0) is 0 Å². The van der Waals surface area contributed by atoms with Gasteiger partial charge in [-0.25, -0.2) is 0 Å². The van der Waals surface area contributed by atoms with Gasteiger partial charge in [0.2, 0.25) is 0 Å². The maximum absolute atomic E-state index is 7.92. The summed E-state index contributed by atoms with van der Waals surface area (Å²) < 4.78 is 0. The van der Waals surface area contributed by atoms with Gasteiger partial charge in [-0.15, -0.1) is 25.8 Å². The largest absolute Gasteiger partial charge is 0.383 e. The van der Waals surface area contributed by atoms with Crippen molar-refractivity contribution < 1.29 is 5.11 Å². The van der Waals surface area contributed by atoms with Crippen LogP contribution in [0.1, 0.15) is 6.92 Å². The summed E-state index contributed by atoms with van der Waals surface area (Å²) in [7, 11) is 0. The van der Waals surface area contributed by atoms with Crippen molar-refractivity contribution in [2.24, 2.45) is 0 Å². The third-order valence-electron chi connectivity index (χ3n) is 0. The Balaban J connectivity index is 0. The zero-order valence-corrected chi connectivity index (χ0v) is 4.78. The molecule has 0 spiro atoms. The molecule has 1 nitrogen and oxygen atoms in total. The molecule has 0 aliphatic rings. The Hall–Kier alpha value is 0.0500. The zero-order valence-electron chi connectivity index (χ0n) is 3.89. The highest BCUT2D eigenvalue weighted by atomic mass is 32.1. The van der Waals surface area contributed by atoms with Crippen molar-refractivity contribution >= 4 is 12.6 Å². The number of rotatable bonds is 0. The summed E-state index contributed by atoms with van der Waals surface area (Å²) >= 11 is 3.52. The van der Waals surface area contributed by atoms with Crippen molar-refractivity contribution in [3.8, 4) is 0 Å². The highest BCUT2D eigenvalue weighted by molar-refractivity contribution is 7.80. The summed E-state index contributed by atoms with van der Waals surface area (Å²) in [5.74, 6) is 0. The first-order valence-corrected chi connectivity index (χ1v) is 2.11. The SMILES string of the molecule is C=C.CC(O)S. The lowest BCUT2D eigenvalue weighted by molar-refractivity contribution is 0.286. The van der Waals surface area contributed by atoms with Crippen molar-refractivity contribution in [3.05, 3.63) is 13.2 Å². The molecule has 0 aromatic heterocycles. The van der Waals surface area contributed by atoms with Crippen molar-refractivity contribution in [1.29, 1.82) is 0 Å². The monoisotopic (exact) mass is 106 g/mol. The number of hydrogen-bond acceptors (Lipinski definition) is 2. The zero-order chi connectivity index (χ0) is 5.58. The predicted octanol–water partition coefficient (Wildman–Crippen LogP) is 1.06. The van der Waals surface area contributed by atoms with E-state index in [2.05, 4.69) is 25.8 Å². The smallest absolute Gasteiger partial charge is 0.0936 e. The van der Waals surface area contributed by atoms with E-state index in [0.717, 1.165) is 0 Å². The van der Waals surface area contributed by atoms with Crippen LogP contribution in [0.25, 0.3) is 0 Å². The van der Waals surface area contributed by atoms with Crippen molar-refractivity contribution in [3.63, 3.8) is 0 Å². The third kappa shape index (κ3) is 15100. The summed E-state index contributed by atoms with van der Waals surface area (Å²) in [6.45, 7) is 7.59. The molecule has 0 rings (SSSR count). The molecule has 0 aliphatic carbocycles. The highest BCUT2D eigenvalue weighted by Crippen LogP contribution is 1.78. The molecule has 1 unspecified atom stereocenters. The van der Waals surface area contributed by atoms with Gasteiger partial charge in [-0.2, -0.15) is 0 Å². The first-order chi connectivity index (χ1) is 2.73. The average Bonchev–Trinajstić information content (AvgIpc) is 1.41. The quantitative estimate of drug-likeness (QED) is 0.269. The first kappa shape index (κ1) is 9.41. The van der Waals surface area contributed by atoms with Crippen LogP contribution in [0.15, 0.2) is 13.2 Å². The van der Waals surface area contributed by atoms with Crippen LogP contribution in [0.4, 0.5) is 0 Å². The minimum Gasteiger partial charge on any atom is -0.383 e. The van der Waals surface area contributed by atoms with E-state index in [-0.39, 0.29) is 0 Å². The van der Waals surface area contributed by atoms with Gasteiger partial charge in [0.25, 0.3) is 0 Å². The van der Waals surface area contributed by atoms with E-state index >= 15 is 0 Å². The van der Waals surface area contributed by atoms with E-state index in [4.69, 9.17) is 5.11 Å². The first-order valence-electron chi connectivity index (χ1n) is 1.59. The minimum atomic E-state index is -0.472. The Morgan fingerprint density at radius 1 is 1.67 bits per heavy atom. The molecule has 0 fully saturated rings. The third-order valence-corrected chi connectivity index (χ3v) is 0. The molecular weight excluding hydrogens is 96.1 g/mol. The van der Waals surface area contributed by atoms with E-state index in [9.17, 15) is 0 Å². The molecule has 1 N–H and O–H groups in total. The number of thiol groups is 1. The summed E-state index contributed by atoms with van der Waals surface area (Å²) in [5, 5.41) is 7.92. The van der Waals surface area contributed by atoms with E-state index in [0.29, 0.717) is 0 Å². The molecule has 0 aromatic rings. The Morgan fingerprint density at radius 3 is 1.67 bits per heavy atom. The molecule has 0 aromatic carbocycles. The van der Waals surface area contributed by atoms with Crippen molar-refractivity contribution in [1.82, 2.24) is 0 Å². The van der Waals surface area contributed by atoms with Gasteiger partial charge in [-0.3, -0.25) is 0 Å². The van der Waals surface area contributed by atoms with Crippen molar-refractivity contribution in [2.75, 3.05) is 0 Å². The maximum Gasteiger partial charge on any atom is 0.0936 e. The van der Waals surface area contributed by atoms with Gasteiger partial charge >= 0.3 is 0 Å². The highest BCUT2D eigenvalue weighted by Gasteiger charge is 1.70. The van der Waals surface area contributed by atoms with Gasteiger partial charge in [0.1, 0.15) is 0 Å². The van der Waals surface area contributed by atoms with Crippen LogP contribution in [0.2, 0.25) is 0 Å². The van der Waals surface area contributed by atoms with Gasteiger partial charge in [0.15, 0.2) is 0 Å². The molecule has 0 amide bonds.